The van der Waals surface area contributed by atoms with Crippen LogP contribution in [0.3, 0.4) is 0 Å². The van der Waals surface area contributed by atoms with Gasteiger partial charge >= 0.3 is 0 Å². The van der Waals surface area contributed by atoms with E-state index in [1.807, 2.05) is 0 Å². The van der Waals surface area contributed by atoms with E-state index >= 15 is 0 Å². The van der Waals surface area contributed by atoms with Crippen molar-refractivity contribution in [1.82, 2.24) is 5.32 Å². The molecule has 16 heavy (non-hydrogen) atoms. The second-order valence-electron chi connectivity index (χ2n) is 4.25. The number of allylic oxidation sites excluding steroid dienone is 1. The molecule has 1 aromatic rings. The molecule has 1 nitrogen and oxygen atoms in total. The molecule has 1 aliphatic carbocycles. The Balaban J connectivity index is 1.95. The molecule has 0 fully saturated rings. The van der Waals surface area contributed by atoms with Crippen molar-refractivity contribution in [1.29, 1.82) is 0 Å². The van der Waals surface area contributed by atoms with Crippen LogP contribution in [-0.4, -0.2) is 6.54 Å². The molecule has 0 aliphatic heterocycles. The van der Waals surface area contributed by atoms with Crippen LogP contribution >= 0.6 is 15.9 Å². The maximum Gasteiger partial charge on any atom is 0.0326 e. The van der Waals surface area contributed by atoms with Gasteiger partial charge in [-0.3, -0.25) is 0 Å². The summed E-state index contributed by atoms with van der Waals surface area (Å²) in [6.07, 6.45) is 7.89. The van der Waals surface area contributed by atoms with E-state index in [-0.39, 0.29) is 0 Å². The molecule has 0 radical (unpaired) electrons. The third-order valence-electron chi connectivity index (χ3n) is 3.12. The van der Waals surface area contributed by atoms with Crippen LogP contribution in [0.15, 0.2) is 34.8 Å². The quantitative estimate of drug-likeness (QED) is 0.649. The molecular formula is C14H18BrN. The third-order valence-corrected chi connectivity index (χ3v) is 3.61. The normalized spacial score (nSPS) is 19.2. The lowest BCUT2D eigenvalue weighted by Crippen LogP contribution is -2.19. The standard InChI is InChI=1S/C14H18BrN/c1-2-3-4-9-16-14-8-5-11-10-12(15)6-7-13(11)14/h2-3,6-7,10,14,16H,4-5,8-9H2,1H3/b3-2+. The van der Waals surface area contributed by atoms with Gasteiger partial charge in [0.2, 0.25) is 0 Å². The Morgan fingerprint density at radius 3 is 3.19 bits per heavy atom. The Morgan fingerprint density at radius 2 is 2.38 bits per heavy atom. The first-order valence-corrected chi connectivity index (χ1v) is 6.73. The highest BCUT2D eigenvalue weighted by atomic mass is 79.9. The van der Waals surface area contributed by atoms with Crippen LogP contribution in [0.2, 0.25) is 0 Å². The van der Waals surface area contributed by atoms with Crippen LogP contribution < -0.4 is 5.32 Å². The fourth-order valence-electron chi connectivity index (χ4n) is 2.31. The average Bonchev–Trinajstić information content (AvgIpc) is 2.67. The predicted molar refractivity (Wildman–Crippen MR) is 72.6 cm³/mol. The van der Waals surface area contributed by atoms with Crippen molar-refractivity contribution in [3.05, 3.63) is 46.0 Å². The van der Waals surface area contributed by atoms with Gasteiger partial charge in [-0.15, -0.1) is 0 Å². The van der Waals surface area contributed by atoms with E-state index in [2.05, 4.69) is 58.5 Å². The van der Waals surface area contributed by atoms with Gasteiger partial charge in [-0.25, -0.2) is 0 Å². The fourth-order valence-corrected chi connectivity index (χ4v) is 2.71. The van der Waals surface area contributed by atoms with Crippen molar-refractivity contribution in [2.24, 2.45) is 0 Å². The van der Waals surface area contributed by atoms with Crippen molar-refractivity contribution in [2.45, 2.75) is 32.2 Å². The Kier molecular flexibility index (Phi) is 4.19. The second-order valence-corrected chi connectivity index (χ2v) is 5.16. The van der Waals surface area contributed by atoms with Crippen LogP contribution in [0.5, 0.6) is 0 Å². The molecule has 2 heteroatoms. The lowest BCUT2D eigenvalue weighted by Gasteiger charge is -2.13. The first kappa shape index (κ1) is 11.9. The summed E-state index contributed by atoms with van der Waals surface area (Å²) in [5.41, 5.74) is 2.99. The summed E-state index contributed by atoms with van der Waals surface area (Å²) >= 11 is 3.53. The molecule has 0 saturated heterocycles. The number of halogens is 1. The first-order valence-electron chi connectivity index (χ1n) is 5.94. The molecule has 0 spiro atoms. The molecular weight excluding hydrogens is 262 g/mol. The van der Waals surface area contributed by atoms with E-state index in [1.54, 1.807) is 0 Å². The second kappa shape index (κ2) is 5.65. The molecule has 0 saturated carbocycles. The molecule has 1 aromatic carbocycles. The lowest BCUT2D eigenvalue weighted by atomic mass is 10.1. The van der Waals surface area contributed by atoms with Gasteiger partial charge in [-0.1, -0.05) is 34.1 Å². The number of aryl methyl sites for hydroxylation is 1. The van der Waals surface area contributed by atoms with Gasteiger partial charge in [-0.05, 0) is 56.0 Å². The van der Waals surface area contributed by atoms with Crippen molar-refractivity contribution in [3.8, 4) is 0 Å². The zero-order valence-corrected chi connectivity index (χ0v) is 11.3. The Hall–Kier alpha value is -0.600. The number of nitrogens with one attached hydrogen (secondary N) is 1. The third kappa shape index (κ3) is 2.74. The van der Waals surface area contributed by atoms with Crippen molar-refractivity contribution in [2.75, 3.05) is 6.54 Å². The largest absolute Gasteiger partial charge is 0.310 e. The topological polar surface area (TPSA) is 12.0 Å². The molecule has 0 aromatic heterocycles. The highest BCUT2D eigenvalue weighted by Crippen LogP contribution is 2.32. The Bertz CT molecular complexity index is 384. The summed E-state index contributed by atoms with van der Waals surface area (Å²) in [5.74, 6) is 0. The van der Waals surface area contributed by atoms with Crippen LogP contribution in [0.25, 0.3) is 0 Å². The lowest BCUT2D eigenvalue weighted by molar-refractivity contribution is 0.536. The summed E-state index contributed by atoms with van der Waals surface area (Å²) in [6.45, 7) is 3.15. The summed E-state index contributed by atoms with van der Waals surface area (Å²) in [6, 6.07) is 7.21. The van der Waals surface area contributed by atoms with Gasteiger partial charge in [0.25, 0.3) is 0 Å². The zero-order chi connectivity index (χ0) is 11.4. The van der Waals surface area contributed by atoms with Crippen molar-refractivity contribution >= 4 is 15.9 Å². The molecule has 0 amide bonds. The van der Waals surface area contributed by atoms with Gasteiger partial charge in [-0.2, -0.15) is 0 Å². The molecule has 86 valence electrons. The summed E-state index contributed by atoms with van der Waals surface area (Å²) < 4.78 is 1.20. The van der Waals surface area contributed by atoms with Gasteiger partial charge in [0, 0.05) is 10.5 Å². The Morgan fingerprint density at radius 1 is 1.50 bits per heavy atom. The number of fused-ring (bicyclic) bond motifs is 1. The van der Waals surface area contributed by atoms with E-state index < -0.39 is 0 Å². The van der Waals surface area contributed by atoms with Crippen LogP contribution in [0.1, 0.15) is 36.9 Å². The number of hydrogen-bond acceptors (Lipinski definition) is 1. The average molecular weight is 280 g/mol. The highest BCUT2D eigenvalue weighted by molar-refractivity contribution is 9.10. The monoisotopic (exact) mass is 279 g/mol. The summed E-state index contributed by atoms with van der Waals surface area (Å²) in [5, 5.41) is 3.63. The van der Waals surface area contributed by atoms with Crippen LogP contribution in [0, 0.1) is 0 Å². The molecule has 1 aliphatic rings. The van der Waals surface area contributed by atoms with E-state index in [0.717, 1.165) is 13.0 Å². The molecule has 0 bridgehead atoms. The first-order chi connectivity index (χ1) is 7.81. The van der Waals surface area contributed by atoms with Gasteiger partial charge in [0.15, 0.2) is 0 Å². The minimum Gasteiger partial charge on any atom is -0.310 e. The molecule has 1 atom stereocenters. The predicted octanol–water partition coefficient (Wildman–Crippen LogP) is 3.99. The Labute approximate surface area is 106 Å². The van der Waals surface area contributed by atoms with Gasteiger partial charge in [0.05, 0.1) is 0 Å². The van der Waals surface area contributed by atoms with E-state index in [1.165, 1.54) is 28.4 Å². The summed E-state index contributed by atoms with van der Waals surface area (Å²) in [7, 11) is 0. The number of hydrogen-bond donors (Lipinski definition) is 1. The SMILES string of the molecule is C/C=C/CCNC1CCc2cc(Br)ccc21. The smallest absolute Gasteiger partial charge is 0.0326 e. The minimum atomic E-state index is 0.563. The van der Waals surface area contributed by atoms with E-state index in [9.17, 15) is 0 Å². The van der Waals surface area contributed by atoms with E-state index in [4.69, 9.17) is 0 Å². The maximum atomic E-state index is 3.63. The molecule has 0 heterocycles. The zero-order valence-electron chi connectivity index (χ0n) is 9.67. The fraction of sp³-hybridized carbons (Fsp3) is 0.429. The van der Waals surface area contributed by atoms with Crippen LogP contribution in [0.4, 0.5) is 0 Å². The van der Waals surface area contributed by atoms with E-state index in [0.29, 0.717) is 6.04 Å². The molecule has 2 rings (SSSR count). The number of rotatable bonds is 4. The summed E-state index contributed by atoms with van der Waals surface area (Å²) in [4.78, 5) is 0. The number of benzene rings is 1. The van der Waals surface area contributed by atoms with Gasteiger partial charge < -0.3 is 5.32 Å². The van der Waals surface area contributed by atoms with Crippen LogP contribution in [-0.2, 0) is 6.42 Å². The minimum absolute atomic E-state index is 0.563. The van der Waals surface area contributed by atoms with Gasteiger partial charge in [0.1, 0.15) is 0 Å². The highest BCUT2D eigenvalue weighted by Gasteiger charge is 2.21. The molecule has 1 N–H and O–H groups in total. The van der Waals surface area contributed by atoms with Crippen molar-refractivity contribution in [3.63, 3.8) is 0 Å². The maximum absolute atomic E-state index is 3.63. The molecule has 1 unspecified atom stereocenters. The van der Waals surface area contributed by atoms with Crippen molar-refractivity contribution < 1.29 is 0 Å².